The number of aryl methyl sites for hydroxylation is 2. The van der Waals surface area contributed by atoms with Crippen LogP contribution in [0.5, 0.6) is 0 Å². The van der Waals surface area contributed by atoms with Gasteiger partial charge >= 0.3 is 0 Å². The van der Waals surface area contributed by atoms with E-state index < -0.39 is 5.82 Å². The zero-order chi connectivity index (χ0) is 14.0. The predicted octanol–water partition coefficient (Wildman–Crippen LogP) is 4.52. The number of carbonyl (C=O) groups excluding carboxylic acids is 1. The van der Waals surface area contributed by atoms with E-state index in [-0.39, 0.29) is 17.2 Å². The maximum absolute atomic E-state index is 12.9. The van der Waals surface area contributed by atoms with Crippen LogP contribution < -0.4 is 0 Å². The summed E-state index contributed by atoms with van der Waals surface area (Å²) in [6.45, 7) is 3.91. The molecule has 2 aromatic rings. The molecule has 0 unspecified atom stereocenters. The van der Waals surface area contributed by atoms with Gasteiger partial charge in [-0.05, 0) is 43.7 Å². The molecule has 0 bridgehead atoms. The summed E-state index contributed by atoms with van der Waals surface area (Å²) < 4.78 is 12.9. The lowest BCUT2D eigenvalue weighted by molar-refractivity contribution is 0.0993. The van der Waals surface area contributed by atoms with Gasteiger partial charge in [-0.3, -0.25) is 4.79 Å². The van der Waals surface area contributed by atoms with Crippen molar-refractivity contribution in [1.29, 1.82) is 0 Å². The minimum absolute atomic E-state index is 0.0136. The largest absolute Gasteiger partial charge is 0.294 e. The van der Waals surface area contributed by atoms with Crippen molar-refractivity contribution in [3.63, 3.8) is 0 Å². The van der Waals surface area contributed by atoms with E-state index in [9.17, 15) is 9.18 Å². The first-order valence-electron chi connectivity index (χ1n) is 6.01. The van der Waals surface area contributed by atoms with Crippen molar-refractivity contribution < 1.29 is 9.18 Å². The minimum atomic E-state index is -0.396. The summed E-state index contributed by atoms with van der Waals surface area (Å²) in [5, 5.41) is 0.290. The Hall–Kier alpha value is -1.67. The van der Waals surface area contributed by atoms with Crippen LogP contribution >= 0.6 is 11.6 Å². The van der Waals surface area contributed by atoms with Crippen molar-refractivity contribution in [1.82, 2.24) is 0 Å². The normalized spacial score (nSPS) is 10.5. The molecular formula is C16H14ClFO. The molecule has 0 amide bonds. The highest BCUT2D eigenvalue weighted by Gasteiger charge is 2.11. The molecule has 0 N–H and O–H groups in total. The zero-order valence-electron chi connectivity index (χ0n) is 10.8. The van der Waals surface area contributed by atoms with Crippen molar-refractivity contribution in [3.8, 4) is 0 Å². The van der Waals surface area contributed by atoms with E-state index in [1.165, 1.54) is 12.1 Å². The number of hydrogen-bond acceptors (Lipinski definition) is 1. The summed E-state index contributed by atoms with van der Waals surface area (Å²) in [6, 6.07) is 9.82. The molecule has 0 saturated heterocycles. The summed E-state index contributed by atoms with van der Waals surface area (Å²) in [5.41, 5.74) is 3.41. The van der Waals surface area contributed by atoms with Crippen molar-refractivity contribution in [2.75, 3.05) is 0 Å². The molecule has 0 spiro atoms. The van der Waals surface area contributed by atoms with E-state index in [4.69, 9.17) is 11.6 Å². The van der Waals surface area contributed by atoms with Crippen LogP contribution in [0.25, 0.3) is 0 Å². The second-order valence-corrected chi connectivity index (χ2v) is 5.12. The van der Waals surface area contributed by atoms with E-state index in [0.717, 1.165) is 11.1 Å². The van der Waals surface area contributed by atoms with Crippen molar-refractivity contribution in [2.24, 2.45) is 0 Å². The van der Waals surface area contributed by atoms with Crippen LogP contribution in [0.1, 0.15) is 27.0 Å². The second kappa shape index (κ2) is 5.54. The topological polar surface area (TPSA) is 17.1 Å². The number of Topliss-reactive ketones (excluding diaryl/α,β-unsaturated/α-hetero) is 1. The molecule has 0 heterocycles. The molecule has 0 aliphatic rings. The minimum Gasteiger partial charge on any atom is -0.294 e. The lowest BCUT2D eigenvalue weighted by atomic mass is 9.99. The van der Waals surface area contributed by atoms with Crippen LogP contribution in [-0.4, -0.2) is 5.78 Å². The summed E-state index contributed by atoms with van der Waals surface area (Å²) in [6.07, 6.45) is 0.183. The number of hydrogen-bond donors (Lipinski definition) is 0. The fraction of sp³-hybridized carbons (Fsp3) is 0.188. The quantitative estimate of drug-likeness (QED) is 0.753. The molecule has 2 rings (SSSR count). The molecule has 2 aromatic carbocycles. The van der Waals surface area contributed by atoms with Crippen LogP contribution in [0.2, 0.25) is 5.02 Å². The first kappa shape index (κ1) is 13.8. The van der Waals surface area contributed by atoms with Gasteiger partial charge in [-0.25, -0.2) is 4.39 Å². The smallest absolute Gasteiger partial charge is 0.167 e. The highest BCUT2D eigenvalue weighted by Crippen LogP contribution is 2.20. The van der Waals surface area contributed by atoms with E-state index in [1.54, 1.807) is 6.07 Å². The maximum atomic E-state index is 12.9. The van der Waals surface area contributed by atoms with Crippen LogP contribution in [-0.2, 0) is 6.42 Å². The number of rotatable bonds is 3. The third kappa shape index (κ3) is 3.42. The van der Waals surface area contributed by atoms with Crippen LogP contribution in [0.4, 0.5) is 4.39 Å². The third-order valence-corrected chi connectivity index (χ3v) is 3.26. The maximum Gasteiger partial charge on any atom is 0.167 e. The first-order chi connectivity index (χ1) is 8.95. The van der Waals surface area contributed by atoms with Gasteiger partial charge in [0.25, 0.3) is 0 Å². The molecule has 3 heteroatoms. The van der Waals surface area contributed by atoms with Gasteiger partial charge in [0.1, 0.15) is 5.82 Å². The van der Waals surface area contributed by atoms with Gasteiger partial charge in [-0.1, -0.05) is 34.9 Å². The molecule has 98 valence electrons. The van der Waals surface area contributed by atoms with Gasteiger partial charge in [0, 0.05) is 17.0 Å². The Bertz CT molecular complexity index is 614. The first-order valence-corrected chi connectivity index (χ1v) is 6.39. The highest BCUT2D eigenvalue weighted by molar-refractivity contribution is 6.31. The molecule has 0 aliphatic carbocycles. The Kier molecular flexibility index (Phi) is 4.01. The van der Waals surface area contributed by atoms with E-state index in [2.05, 4.69) is 0 Å². The van der Waals surface area contributed by atoms with E-state index >= 15 is 0 Å². The van der Waals surface area contributed by atoms with Crippen LogP contribution in [0, 0.1) is 19.7 Å². The molecular weight excluding hydrogens is 263 g/mol. The third-order valence-electron chi connectivity index (χ3n) is 2.91. The molecule has 0 radical (unpaired) electrons. The number of carbonyl (C=O) groups is 1. The number of benzene rings is 2. The van der Waals surface area contributed by atoms with Gasteiger partial charge in [-0.15, -0.1) is 0 Å². The van der Waals surface area contributed by atoms with Gasteiger partial charge in [0.2, 0.25) is 0 Å². The second-order valence-electron chi connectivity index (χ2n) is 4.71. The predicted molar refractivity (Wildman–Crippen MR) is 75.4 cm³/mol. The molecule has 0 aliphatic heterocycles. The Morgan fingerprint density at radius 1 is 1.11 bits per heavy atom. The van der Waals surface area contributed by atoms with Gasteiger partial charge < -0.3 is 0 Å². The number of ketones is 1. The summed E-state index contributed by atoms with van der Waals surface area (Å²) in [5.74, 6) is -0.409. The molecule has 0 saturated carbocycles. The van der Waals surface area contributed by atoms with Crippen LogP contribution in [0.3, 0.4) is 0 Å². The Morgan fingerprint density at radius 3 is 2.32 bits per heavy atom. The summed E-state index contributed by atoms with van der Waals surface area (Å²) in [7, 11) is 0. The lowest BCUT2D eigenvalue weighted by Gasteiger charge is -2.06. The molecule has 0 fully saturated rings. The molecule has 1 nitrogen and oxygen atoms in total. The van der Waals surface area contributed by atoms with Gasteiger partial charge in [0.05, 0.1) is 0 Å². The standard InChI is InChI=1S/C16H14ClFO/c1-10-5-11(2)7-13(6-10)16(19)8-12-3-4-14(18)9-15(12)17/h3-7,9H,8H2,1-2H3. The average molecular weight is 277 g/mol. The summed E-state index contributed by atoms with van der Waals surface area (Å²) >= 11 is 5.93. The average Bonchev–Trinajstić information content (AvgIpc) is 2.31. The summed E-state index contributed by atoms with van der Waals surface area (Å²) in [4.78, 5) is 12.2. The van der Waals surface area contributed by atoms with Crippen molar-refractivity contribution >= 4 is 17.4 Å². The van der Waals surface area contributed by atoms with Crippen molar-refractivity contribution in [2.45, 2.75) is 20.3 Å². The van der Waals surface area contributed by atoms with Gasteiger partial charge in [-0.2, -0.15) is 0 Å². The fourth-order valence-corrected chi connectivity index (χ4v) is 2.31. The fourth-order valence-electron chi connectivity index (χ4n) is 2.08. The van der Waals surface area contributed by atoms with Crippen molar-refractivity contribution in [3.05, 3.63) is 69.5 Å². The molecule has 0 aromatic heterocycles. The van der Waals surface area contributed by atoms with Crippen LogP contribution in [0.15, 0.2) is 36.4 Å². The van der Waals surface area contributed by atoms with E-state index in [1.807, 2.05) is 32.0 Å². The lowest BCUT2D eigenvalue weighted by Crippen LogP contribution is -2.05. The Labute approximate surface area is 117 Å². The highest BCUT2D eigenvalue weighted by atomic mass is 35.5. The van der Waals surface area contributed by atoms with Gasteiger partial charge in [0.15, 0.2) is 5.78 Å². The Balaban J connectivity index is 2.25. The molecule has 0 atom stereocenters. The zero-order valence-corrected chi connectivity index (χ0v) is 11.6. The number of halogens is 2. The SMILES string of the molecule is Cc1cc(C)cc(C(=O)Cc2ccc(F)cc2Cl)c1. The van der Waals surface area contributed by atoms with E-state index in [0.29, 0.717) is 11.1 Å². The monoisotopic (exact) mass is 276 g/mol. The molecule has 19 heavy (non-hydrogen) atoms. The Morgan fingerprint density at radius 2 is 1.74 bits per heavy atom.